The van der Waals surface area contributed by atoms with Crippen LogP contribution in [0, 0.1) is 11.7 Å². The van der Waals surface area contributed by atoms with E-state index < -0.39 is 0 Å². The van der Waals surface area contributed by atoms with Crippen LogP contribution in [0.15, 0.2) is 11.6 Å². The van der Waals surface area contributed by atoms with Crippen molar-refractivity contribution in [3.05, 3.63) is 27.2 Å². The van der Waals surface area contributed by atoms with Gasteiger partial charge in [-0.25, -0.2) is 4.98 Å². The number of aromatic amines is 1. The van der Waals surface area contributed by atoms with E-state index >= 15 is 0 Å². The second kappa shape index (κ2) is 4.24. The van der Waals surface area contributed by atoms with Crippen molar-refractivity contribution in [1.29, 1.82) is 0 Å². The Morgan fingerprint density at radius 3 is 3.00 bits per heavy atom. The topological polar surface area (TPSA) is 46.5 Å². The van der Waals surface area contributed by atoms with E-state index in [-0.39, 0.29) is 0 Å². The fraction of sp³-hybridized carbons (Fsp3) is 0.444. The molecule has 2 heterocycles. The third-order valence-corrected chi connectivity index (χ3v) is 3.60. The number of H-pyrrole nitrogens is 1. The number of thiazole rings is 1. The monoisotopic (exact) mass is 240 g/mol. The Hall–Kier alpha value is -1.01. The Labute approximate surface area is 97.0 Å². The summed E-state index contributed by atoms with van der Waals surface area (Å²) >= 11 is 6.82. The van der Waals surface area contributed by atoms with Crippen molar-refractivity contribution >= 4 is 23.6 Å². The average Bonchev–Trinajstić information content (AvgIpc) is 2.82. The molecule has 0 saturated carbocycles. The number of aryl methyl sites for hydroxylation is 1. The van der Waals surface area contributed by atoms with Gasteiger partial charge >= 0.3 is 0 Å². The Morgan fingerprint density at radius 1 is 1.67 bits per heavy atom. The van der Waals surface area contributed by atoms with E-state index in [0.29, 0.717) is 10.7 Å². The molecular formula is C9H12N4S2. The Kier molecular flexibility index (Phi) is 2.97. The molecule has 2 aromatic rings. The Bertz CT molecular complexity index is 482. The predicted octanol–water partition coefficient (Wildman–Crippen LogP) is 2.51. The van der Waals surface area contributed by atoms with Gasteiger partial charge in [0.1, 0.15) is 5.82 Å². The van der Waals surface area contributed by atoms with Gasteiger partial charge in [-0.2, -0.15) is 5.10 Å². The zero-order chi connectivity index (χ0) is 10.8. The SMILES string of the molecule is Cc1n[nH]c(=S)n1CC(C)c1nccs1. The van der Waals surface area contributed by atoms with Crippen molar-refractivity contribution in [2.75, 3.05) is 0 Å². The minimum Gasteiger partial charge on any atom is -0.304 e. The molecule has 0 fully saturated rings. The summed E-state index contributed by atoms with van der Waals surface area (Å²) < 4.78 is 2.68. The molecule has 80 valence electrons. The van der Waals surface area contributed by atoms with Crippen molar-refractivity contribution in [1.82, 2.24) is 19.7 Å². The first-order chi connectivity index (χ1) is 7.18. The molecule has 1 unspecified atom stereocenters. The highest BCUT2D eigenvalue weighted by atomic mass is 32.1. The molecule has 4 nitrogen and oxygen atoms in total. The zero-order valence-electron chi connectivity index (χ0n) is 8.60. The van der Waals surface area contributed by atoms with Crippen LogP contribution in [0.25, 0.3) is 0 Å². The van der Waals surface area contributed by atoms with Crippen LogP contribution < -0.4 is 0 Å². The molecule has 1 atom stereocenters. The van der Waals surface area contributed by atoms with E-state index in [4.69, 9.17) is 12.2 Å². The number of hydrogen-bond donors (Lipinski definition) is 1. The summed E-state index contributed by atoms with van der Waals surface area (Å²) in [5.41, 5.74) is 0. The molecule has 15 heavy (non-hydrogen) atoms. The van der Waals surface area contributed by atoms with Crippen LogP contribution in [0.3, 0.4) is 0 Å². The molecule has 0 aliphatic carbocycles. The highest BCUT2D eigenvalue weighted by molar-refractivity contribution is 7.71. The van der Waals surface area contributed by atoms with Gasteiger partial charge < -0.3 is 4.57 Å². The van der Waals surface area contributed by atoms with Crippen molar-refractivity contribution in [3.63, 3.8) is 0 Å². The molecule has 2 aromatic heterocycles. The van der Waals surface area contributed by atoms with Crippen LogP contribution in [-0.4, -0.2) is 19.7 Å². The number of nitrogens with zero attached hydrogens (tertiary/aromatic N) is 3. The molecule has 2 rings (SSSR count). The normalized spacial score (nSPS) is 12.9. The minimum atomic E-state index is 0.369. The first-order valence-electron chi connectivity index (χ1n) is 4.69. The lowest BCUT2D eigenvalue weighted by Gasteiger charge is -2.09. The van der Waals surface area contributed by atoms with E-state index in [1.165, 1.54) is 0 Å². The number of aromatic nitrogens is 4. The number of hydrogen-bond acceptors (Lipinski definition) is 4. The molecular weight excluding hydrogens is 228 g/mol. The smallest absolute Gasteiger partial charge is 0.195 e. The molecule has 0 radical (unpaired) electrons. The van der Waals surface area contributed by atoms with Gasteiger partial charge in [-0.1, -0.05) is 6.92 Å². The highest BCUT2D eigenvalue weighted by Crippen LogP contribution is 2.19. The summed E-state index contributed by atoms with van der Waals surface area (Å²) in [4.78, 5) is 4.30. The van der Waals surface area contributed by atoms with Crippen LogP contribution in [-0.2, 0) is 6.54 Å². The van der Waals surface area contributed by atoms with Crippen molar-refractivity contribution in [2.24, 2.45) is 0 Å². The van der Waals surface area contributed by atoms with Gasteiger partial charge in [0, 0.05) is 24.0 Å². The van der Waals surface area contributed by atoms with E-state index in [1.54, 1.807) is 11.3 Å². The fourth-order valence-electron chi connectivity index (χ4n) is 1.44. The van der Waals surface area contributed by atoms with Crippen LogP contribution in [0.4, 0.5) is 0 Å². The lowest BCUT2D eigenvalue weighted by molar-refractivity contribution is 0.575. The molecule has 0 bridgehead atoms. The van der Waals surface area contributed by atoms with Crippen LogP contribution >= 0.6 is 23.6 Å². The maximum absolute atomic E-state index is 5.15. The molecule has 0 amide bonds. The van der Waals surface area contributed by atoms with E-state index in [0.717, 1.165) is 17.4 Å². The molecule has 0 aliphatic heterocycles. The largest absolute Gasteiger partial charge is 0.304 e. The Balaban J connectivity index is 2.19. The standard InChI is InChI=1S/C9H12N4S2/c1-6(8-10-3-4-15-8)5-13-7(2)11-12-9(13)14/h3-4,6H,5H2,1-2H3,(H,12,14). The van der Waals surface area contributed by atoms with Gasteiger partial charge in [0.2, 0.25) is 0 Å². The molecule has 1 N–H and O–H groups in total. The summed E-state index contributed by atoms with van der Waals surface area (Å²) in [6.07, 6.45) is 1.83. The molecule has 6 heteroatoms. The summed E-state index contributed by atoms with van der Waals surface area (Å²) in [7, 11) is 0. The van der Waals surface area contributed by atoms with E-state index in [1.807, 2.05) is 23.1 Å². The molecule has 0 saturated heterocycles. The van der Waals surface area contributed by atoms with Gasteiger partial charge in [-0.15, -0.1) is 11.3 Å². The van der Waals surface area contributed by atoms with Crippen LogP contribution in [0.5, 0.6) is 0 Å². The maximum atomic E-state index is 5.15. The van der Waals surface area contributed by atoms with Crippen molar-refractivity contribution in [2.45, 2.75) is 26.3 Å². The van der Waals surface area contributed by atoms with Gasteiger partial charge in [0.05, 0.1) is 5.01 Å². The zero-order valence-corrected chi connectivity index (χ0v) is 10.2. The Morgan fingerprint density at radius 2 is 2.47 bits per heavy atom. The fourth-order valence-corrected chi connectivity index (χ4v) is 2.38. The molecule has 0 aliphatic rings. The highest BCUT2D eigenvalue weighted by Gasteiger charge is 2.11. The van der Waals surface area contributed by atoms with Crippen LogP contribution in [0.1, 0.15) is 23.7 Å². The summed E-state index contributed by atoms with van der Waals surface area (Å²) in [6, 6.07) is 0. The second-order valence-corrected chi connectivity index (χ2v) is 4.77. The molecule has 0 spiro atoms. The third-order valence-electron chi connectivity index (χ3n) is 2.28. The van der Waals surface area contributed by atoms with Crippen LogP contribution in [0.2, 0.25) is 0 Å². The second-order valence-electron chi connectivity index (χ2n) is 3.46. The van der Waals surface area contributed by atoms with Gasteiger partial charge in [0.15, 0.2) is 4.77 Å². The van der Waals surface area contributed by atoms with Crippen molar-refractivity contribution in [3.8, 4) is 0 Å². The predicted molar refractivity (Wildman–Crippen MR) is 62.7 cm³/mol. The number of nitrogens with one attached hydrogen (secondary N) is 1. The summed E-state index contributed by atoms with van der Waals surface area (Å²) in [5.74, 6) is 1.29. The maximum Gasteiger partial charge on any atom is 0.195 e. The first kappa shape index (κ1) is 10.5. The summed E-state index contributed by atoms with van der Waals surface area (Å²) in [5, 5.41) is 10.00. The van der Waals surface area contributed by atoms with E-state index in [9.17, 15) is 0 Å². The van der Waals surface area contributed by atoms with Gasteiger partial charge in [0.25, 0.3) is 0 Å². The lowest BCUT2D eigenvalue weighted by atomic mass is 10.2. The average molecular weight is 240 g/mol. The van der Waals surface area contributed by atoms with Gasteiger partial charge in [-0.3, -0.25) is 5.10 Å². The van der Waals surface area contributed by atoms with Gasteiger partial charge in [-0.05, 0) is 19.1 Å². The first-order valence-corrected chi connectivity index (χ1v) is 5.98. The van der Waals surface area contributed by atoms with E-state index in [2.05, 4.69) is 22.1 Å². The number of rotatable bonds is 3. The molecule has 0 aromatic carbocycles. The quantitative estimate of drug-likeness (QED) is 0.839. The van der Waals surface area contributed by atoms with Crippen molar-refractivity contribution < 1.29 is 0 Å². The minimum absolute atomic E-state index is 0.369. The third kappa shape index (κ3) is 2.15. The lowest BCUT2D eigenvalue weighted by Crippen LogP contribution is -2.07. The summed E-state index contributed by atoms with van der Waals surface area (Å²) in [6.45, 7) is 4.92.